The van der Waals surface area contributed by atoms with Crippen LogP contribution >= 0.6 is 11.3 Å². The van der Waals surface area contributed by atoms with Gasteiger partial charge in [0.15, 0.2) is 0 Å². The van der Waals surface area contributed by atoms with Gasteiger partial charge in [-0.25, -0.2) is 26.3 Å². The molecule has 0 aliphatic carbocycles. The third-order valence-corrected chi connectivity index (χ3v) is 8.06. The molecule has 0 amide bonds. The number of sulfonamides is 2. The molecule has 1 aromatic rings. The molecule has 1 aliphatic rings. The van der Waals surface area contributed by atoms with Crippen LogP contribution in [-0.2, 0) is 26.5 Å². The summed E-state index contributed by atoms with van der Waals surface area (Å²) in [6.07, 6.45) is 3.32. The Kier molecular flexibility index (Phi) is 6.96. The second kappa shape index (κ2) is 8.54. The number of rotatable bonds is 9. The van der Waals surface area contributed by atoms with E-state index in [9.17, 15) is 16.8 Å². The van der Waals surface area contributed by atoms with Gasteiger partial charge in [0.1, 0.15) is 4.21 Å². The van der Waals surface area contributed by atoms with Crippen LogP contribution in [0.2, 0.25) is 0 Å². The van der Waals surface area contributed by atoms with Crippen molar-refractivity contribution in [2.24, 2.45) is 0 Å². The van der Waals surface area contributed by atoms with Crippen LogP contribution in [0.3, 0.4) is 0 Å². The summed E-state index contributed by atoms with van der Waals surface area (Å²) in [7, 11) is -6.75. The number of hydrogen-bond donors (Lipinski definition) is 3. The summed E-state index contributed by atoms with van der Waals surface area (Å²) in [5.41, 5.74) is 1.09. The molecule has 0 fully saturated rings. The van der Waals surface area contributed by atoms with Gasteiger partial charge in [0.25, 0.3) is 0 Å². The summed E-state index contributed by atoms with van der Waals surface area (Å²) < 4.78 is 52.7. The lowest BCUT2D eigenvalue weighted by Crippen LogP contribution is -2.29. The lowest BCUT2D eigenvalue weighted by atomic mass is 10.1. The molecular formula is C14H23N3O4S3. The molecular weight excluding hydrogens is 370 g/mol. The quantitative estimate of drug-likeness (QED) is 0.528. The van der Waals surface area contributed by atoms with Gasteiger partial charge in [-0.1, -0.05) is 11.6 Å². The highest BCUT2D eigenvalue weighted by atomic mass is 32.2. The highest BCUT2D eigenvalue weighted by Crippen LogP contribution is 2.22. The Morgan fingerprint density at radius 1 is 1.21 bits per heavy atom. The van der Waals surface area contributed by atoms with Crippen LogP contribution in [0.5, 0.6) is 0 Å². The van der Waals surface area contributed by atoms with Crippen LogP contribution in [0.4, 0.5) is 0 Å². The van der Waals surface area contributed by atoms with Gasteiger partial charge in [-0.3, -0.25) is 0 Å². The van der Waals surface area contributed by atoms with E-state index in [1.807, 2.05) is 6.08 Å². The summed E-state index contributed by atoms with van der Waals surface area (Å²) in [6, 6.07) is 3.29. The molecule has 24 heavy (non-hydrogen) atoms. The molecule has 0 radical (unpaired) electrons. The van der Waals surface area contributed by atoms with Crippen molar-refractivity contribution in [2.75, 3.05) is 31.9 Å². The topological polar surface area (TPSA) is 104 Å². The average molecular weight is 394 g/mol. The van der Waals surface area contributed by atoms with Crippen molar-refractivity contribution in [2.45, 2.75) is 24.0 Å². The number of nitrogens with one attached hydrogen (secondary N) is 3. The normalized spacial score (nSPS) is 16.1. The summed E-state index contributed by atoms with van der Waals surface area (Å²) in [5, 5.41) is 3.18. The zero-order chi connectivity index (χ0) is 17.6. The summed E-state index contributed by atoms with van der Waals surface area (Å²) in [4.78, 5) is 0.829. The van der Waals surface area contributed by atoms with Gasteiger partial charge in [-0.15, -0.1) is 11.3 Å². The molecule has 0 spiro atoms. The molecule has 0 unspecified atom stereocenters. The lowest BCUT2D eigenvalue weighted by Gasteiger charge is -2.14. The standard InChI is InChI=1S/C14H23N3O4S3/c1-2-23(18,19)16-10-7-13-3-4-14(22-13)24(20,21)17-11-12-5-8-15-9-6-12/h3-5,15-17H,2,6-11H2,1H3. The van der Waals surface area contributed by atoms with Crippen LogP contribution < -0.4 is 14.8 Å². The van der Waals surface area contributed by atoms with Crippen LogP contribution in [0.15, 0.2) is 28.0 Å². The summed E-state index contributed by atoms with van der Waals surface area (Å²) in [6.45, 7) is 3.80. The van der Waals surface area contributed by atoms with Crippen LogP contribution in [0.1, 0.15) is 18.2 Å². The SMILES string of the molecule is CCS(=O)(=O)NCCc1ccc(S(=O)(=O)NCC2=CCNCC2)s1. The van der Waals surface area contributed by atoms with Crippen LogP contribution in [0, 0.1) is 0 Å². The smallest absolute Gasteiger partial charge is 0.250 e. The van der Waals surface area contributed by atoms with E-state index in [4.69, 9.17) is 0 Å². The third kappa shape index (κ3) is 5.94. The van der Waals surface area contributed by atoms with E-state index in [0.29, 0.717) is 13.0 Å². The molecule has 2 heterocycles. The fourth-order valence-electron chi connectivity index (χ4n) is 2.16. The van der Waals surface area contributed by atoms with Crippen molar-refractivity contribution < 1.29 is 16.8 Å². The minimum absolute atomic E-state index is 0.0341. The highest BCUT2D eigenvalue weighted by Gasteiger charge is 2.17. The van der Waals surface area contributed by atoms with Crippen molar-refractivity contribution >= 4 is 31.4 Å². The summed E-state index contributed by atoms with van der Waals surface area (Å²) >= 11 is 1.17. The molecule has 0 saturated carbocycles. The maximum Gasteiger partial charge on any atom is 0.250 e. The predicted molar refractivity (Wildman–Crippen MR) is 96.2 cm³/mol. The van der Waals surface area contributed by atoms with Crippen LogP contribution in [0.25, 0.3) is 0 Å². The Morgan fingerprint density at radius 3 is 2.67 bits per heavy atom. The lowest BCUT2D eigenvalue weighted by molar-refractivity contribution is 0.582. The monoisotopic (exact) mass is 393 g/mol. The van der Waals surface area contributed by atoms with Gasteiger partial charge in [0.2, 0.25) is 20.0 Å². The van der Waals surface area contributed by atoms with Gasteiger partial charge < -0.3 is 5.32 Å². The molecule has 3 N–H and O–H groups in total. The number of hydrogen-bond acceptors (Lipinski definition) is 6. The first-order valence-corrected chi connectivity index (χ1v) is 11.7. The number of thiophene rings is 1. The molecule has 0 bridgehead atoms. The Bertz CT molecular complexity index is 782. The Labute approximate surface area is 147 Å². The largest absolute Gasteiger partial charge is 0.313 e. The van der Waals surface area contributed by atoms with Crippen molar-refractivity contribution in [1.82, 2.24) is 14.8 Å². The van der Waals surface area contributed by atoms with E-state index in [-0.39, 0.29) is 16.5 Å². The van der Waals surface area contributed by atoms with E-state index in [1.54, 1.807) is 19.1 Å². The van der Waals surface area contributed by atoms with Gasteiger partial charge in [-0.05, 0) is 38.4 Å². The predicted octanol–water partition coefficient (Wildman–Crippen LogP) is 0.428. The van der Waals surface area contributed by atoms with E-state index < -0.39 is 20.0 Å². The third-order valence-electron chi connectivity index (χ3n) is 3.62. The first kappa shape index (κ1) is 19.5. The molecule has 0 aromatic carbocycles. The van der Waals surface area contributed by atoms with E-state index in [0.717, 1.165) is 30.0 Å². The van der Waals surface area contributed by atoms with E-state index >= 15 is 0 Å². The molecule has 1 aliphatic heterocycles. The fraction of sp³-hybridized carbons (Fsp3) is 0.571. The van der Waals surface area contributed by atoms with Crippen molar-refractivity contribution in [1.29, 1.82) is 0 Å². The minimum atomic E-state index is -3.53. The molecule has 2 rings (SSSR count). The van der Waals surface area contributed by atoms with Gasteiger partial charge >= 0.3 is 0 Å². The Hall–Kier alpha value is -0.780. The molecule has 136 valence electrons. The highest BCUT2D eigenvalue weighted by molar-refractivity contribution is 7.91. The van der Waals surface area contributed by atoms with Gasteiger partial charge in [0, 0.05) is 24.5 Å². The first-order valence-electron chi connectivity index (χ1n) is 7.77. The molecule has 7 nitrogen and oxygen atoms in total. The molecule has 0 atom stereocenters. The van der Waals surface area contributed by atoms with Crippen molar-refractivity contribution in [3.63, 3.8) is 0 Å². The average Bonchev–Trinajstić information content (AvgIpc) is 3.04. The Morgan fingerprint density at radius 2 is 2.00 bits per heavy atom. The maximum atomic E-state index is 12.3. The second-order valence-corrected chi connectivity index (χ2v) is 10.7. The van der Waals surface area contributed by atoms with Gasteiger partial charge in [0.05, 0.1) is 5.75 Å². The van der Waals surface area contributed by atoms with Crippen LogP contribution in [-0.4, -0.2) is 48.8 Å². The first-order chi connectivity index (χ1) is 11.3. The zero-order valence-corrected chi connectivity index (χ0v) is 16.0. The second-order valence-electron chi connectivity index (χ2n) is 5.41. The maximum absolute atomic E-state index is 12.3. The minimum Gasteiger partial charge on any atom is -0.313 e. The molecule has 10 heteroatoms. The molecule has 1 aromatic heterocycles. The fourth-order valence-corrected chi connectivity index (χ4v) is 5.21. The zero-order valence-electron chi connectivity index (χ0n) is 13.5. The van der Waals surface area contributed by atoms with Crippen molar-refractivity contribution in [3.8, 4) is 0 Å². The van der Waals surface area contributed by atoms with E-state index in [2.05, 4.69) is 14.8 Å². The summed E-state index contributed by atoms with van der Waals surface area (Å²) in [5.74, 6) is 0.0341. The van der Waals surface area contributed by atoms with Crippen molar-refractivity contribution in [3.05, 3.63) is 28.7 Å². The van der Waals surface area contributed by atoms with E-state index in [1.165, 1.54) is 11.3 Å². The Balaban J connectivity index is 1.89. The molecule has 0 saturated heterocycles. The van der Waals surface area contributed by atoms with Gasteiger partial charge in [-0.2, -0.15) is 0 Å².